The first-order valence-corrected chi connectivity index (χ1v) is 18.5. The van der Waals surface area contributed by atoms with E-state index in [9.17, 15) is 70.2 Å². The molecule has 2 heterocycles. The number of phenolic OH excluding ortho intramolecular Hbond substituents is 3. The fourth-order valence-corrected chi connectivity index (χ4v) is 8.01. The van der Waals surface area contributed by atoms with Gasteiger partial charge in [-0.15, -0.1) is 0 Å². The van der Waals surface area contributed by atoms with Crippen LogP contribution in [0, 0.1) is 6.92 Å². The number of aliphatic hydroxyl groups is 6. The number of phenols is 3. The number of aryl methyl sites for hydroxylation is 1. The molecule has 21 nitrogen and oxygen atoms in total. The smallest absolute Gasteiger partial charge is 0.328 e. The number of rotatable bonds is 9. The summed E-state index contributed by atoms with van der Waals surface area (Å²) in [5, 5.41) is 110. The number of hydrogen-bond acceptors (Lipinski definition) is 19. The van der Waals surface area contributed by atoms with Crippen molar-refractivity contribution in [3.63, 3.8) is 0 Å². The van der Waals surface area contributed by atoms with Crippen LogP contribution in [0.5, 0.6) is 23.0 Å². The van der Waals surface area contributed by atoms with Crippen molar-refractivity contribution in [2.75, 3.05) is 20.3 Å². The lowest BCUT2D eigenvalue weighted by Crippen LogP contribution is -2.64. The summed E-state index contributed by atoms with van der Waals surface area (Å²) >= 11 is 0. The Balaban J connectivity index is 1.37. The number of carbonyl (C=O) groups is 4. The summed E-state index contributed by atoms with van der Waals surface area (Å²) in [6.45, 7) is 1.33. The zero-order chi connectivity index (χ0) is 43.8. The Morgan fingerprint density at radius 1 is 0.867 bits per heavy atom. The molecule has 322 valence electrons. The van der Waals surface area contributed by atoms with Crippen LogP contribution in [0.2, 0.25) is 0 Å². The molecule has 7 rings (SSSR count). The Labute approximate surface area is 338 Å². The molecule has 3 aromatic rings. The predicted octanol–water partition coefficient (Wildman–Crippen LogP) is -1.90. The van der Waals surface area contributed by atoms with Crippen LogP contribution in [0.15, 0.2) is 24.3 Å². The van der Waals surface area contributed by atoms with Crippen molar-refractivity contribution in [2.45, 2.75) is 87.3 Å². The molecule has 21 heteroatoms. The van der Waals surface area contributed by atoms with E-state index in [4.69, 9.17) is 29.4 Å². The fourth-order valence-electron chi connectivity index (χ4n) is 8.01. The predicted molar refractivity (Wildman–Crippen MR) is 197 cm³/mol. The van der Waals surface area contributed by atoms with Crippen LogP contribution < -0.4 is 15.8 Å². The first-order valence-electron chi connectivity index (χ1n) is 18.5. The van der Waals surface area contributed by atoms with Gasteiger partial charge < -0.3 is 85.8 Å². The number of aromatic hydroxyl groups is 3. The highest BCUT2D eigenvalue weighted by Gasteiger charge is 2.51. The highest BCUT2D eigenvalue weighted by atomic mass is 16.7. The molecule has 2 aliphatic heterocycles. The second-order valence-corrected chi connectivity index (χ2v) is 14.9. The molecule has 1 amide bonds. The van der Waals surface area contributed by atoms with Gasteiger partial charge in [0.1, 0.15) is 65.7 Å². The lowest BCUT2D eigenvalue weighted by atomic mass is 9.74. The minimum atomic E-state index is -1.94. The van der Waals surface area contributed by atoms with Gasteiger partial charge in [0.25, 0.3) is 5.91 Å². The summed E-state index contributed by atoms with van der Waals surface area (Å²) in [7, 11) is 1.25. The van der Waals surface area contributed by atoms with E-state index < -0.39 is 161 Å². The normalized spacial score (nSPS) is 30.1. The van der Waals surface area contributed by atoms with Gasteiger partial charge in [0.15, 0.2) is 30.2 Å². The van der Waals surface area contributed by atoms with E-state index in [1.165, 1.54) is 33.1 Å². The quantitative estimate of drug-likeness (QED) is 0.0875. The number of carbonyl (C=O) groups excluding carboxylic acids is 3. The Bertz CT molecular complexity index is 2280. The minimum absolute atomic E-state index is 0.00533. The number of aliphatic carboxylic acids is 1. The third-order valence-corrected chi connectivity index (χ3v) is 11.2. The molecule has 4 aliphatic rings. The van der Waals surface area contributed by atoms with E-state index in [2.05, 4.69) is 5.32 Å². The SMILES string of the molecule is COc1cc(O)c2c(c1)C(=O)c1c(cc3c(c1O)-c1c(cc(C)c(C(=O)NC(CO)C(=O)O)c1O)[C@H](OC1OC(C)C(N)C(OC4OCC(O)C(O)C4O)C1O)[C@H]3O)C2=O. The van der Waals surface area contributed by atoms with Crippen molar-refractivity contribution < 1.29 is 93.9 Å². The van der Waals surface area contributed by atoms with Crippen molar-refractivity contribution in [1.29, 1.82) is 0 Å². The van der Waals surface area contributed by atoms with Crippen LogP contribution in [0.1, 0.15) is 78.0 Å². The average molecular weight is 843 g/mol. The molecule has 0 saturated carbocycles. The molecule has 60 heavy (non-hydrogen) atoms. The van der Waals surface area contributed by atoms with Gasteiger partial charge in [-0.3, -0.25) is 14.4 Å². The van der Waals surface area contributed by atoms with Crippen molar-refractivity contribution >= 4 is 23.4 Å². The molecular weight excluding hydrogens is 800 g/mol. The zero-order valence-corrected chi connectivity index (χ0v) is 31.9. The number of fused-ring (bicyclic) bond motifs is 5. The van der Waals surface area contributed by atoms with E-state index in [1.807, 2.05) is 0 Å². The van der Waals surface area contributed by atoms with Crippen molar-refractivity contribution in [3.8, 4) is 34.1 Å². The minimum Gasteiger partial charge on any atom is -0.507 e. The van der Waals surface area contributed by atoms with Gasteiger partial charge in [0, 0.05) is 28.3 Å². The monoisotopic (exact) mass is 842 g/mol. The highest BCUT2D eigenvalue weighted by molar-refractivity contribution is 6.31. The standard InChI is InChI=1S/C39H42N2O19/c1-10-4-16-23(30(49)20(10)36(53)41-17(8-42)37(54)55)22-14(7-15-24(31(22)50)27(46)13-5-12(56-3)6-18(43)21(13)26(15)45)28(47)34(16)59-39-33(52)35(25(40)11(2)58-39)60-38-32(51)29(48)19(44)9-57-38/h4-7,11,17,19,25,28-29,32-35,38-39,42-44,47-52H,8-9,40H2,1-3H3,(H,41,53)(H,54,55)/t11?,17?,19?,25?,28-,29?,32?,33?,34-,35?,38?,39?/m0/s1. The van der Waals surface area contributed by atoms with Crippen LogP contribution in [-0.2, 0) is 23.7 Å². The lowest BCUT2D eigenvalue weighted by Gasteiger charge is -2.46. The number of benzene rings is 3. The Kier molecular flexibility index (Phi) is 11.4. The molecule has 13 N–H and O–H groups in total. The van der Waals surface area contributed by atoms with Crippen LogP contribution in [0.25, 0.3) is 11.1 Å². The Morgan fingerprint density at radius 2 is 1.52 bits per heavy atom. The van der Waals surface area contributed by atoms with Crippen molar-refractivity contribution in [1.82, 2.24) is 5.32 Å². The van der Waals surface area contributed by atoms with Crippen LogP contribution in [0.4, 0.5) is 0 Å². The number of ether oxygens (including phenoxy) is 5. The number of amides is 1. The molecule has 10 unspecified atom stereocenters. The highest BCUT2D eigenvalue weighted by Crippen LogP contribution is 2.57. The van der Waals surface area contributed by atoms with Crippen molar-refractivity contribution in [3.05, 3.63) is 68.8 Å². The summed E-state index contributed by atoms with van der Waals surface area (Å²) in [5.41, 5.74) is 2.38. The maximum absolute atomic E-state index is 14.1. The molecule has 0 radical (unpaired) electrons. The van der Waals surface area contributed by atoms with Crippen LogP contribution in [-0.4, -0.2) is 156 Å². The number of carboxylic acids is 1. The topological polar surface area (TPSA) is 355 Å². The van der Waals surface area contributed by atoms with E-state index in [-0.39, 0.29) is 28.0 Å². The Hall–Kier alpha value is -5.30. The van der Waals surface area contributed by atoms with Gasteiger partial charge in [-0.2, -0.15) is 0 Å². The molecule has 3 aromatic carbocycles. The number of methoxy groups -OCH3 is 1. The fraction of sp³-hybridized carbons (Fsp3) is 0.436. The number of ketones is 2. The second kappa shape index (κ2) is 15.9. The summed E-state index contributed by atoms with van der Waals surface area (Å²) in [6.07, 6.45) is -16.2. The number of carboxylic acid groups (broad SMARTS) is 1. The van der Waals surface area contributed by atoms with Gasteiger partial charge in [0.05, 0.1) is 49.2 Å². The molecule has 0 bridgehead atoms. The van der Waals surface area contributed by atoms with E-state index in [0.29, 0.717) is 0 Å². The number of nitrogens with two attached hydrogens (primary N) is 1. The van der Waals surface area contributed by atoms with Gasteiger partial charge in [0.2, 0.25) is 0 Å². The van der Waals surface area contributed by atoms with Gasteiger partial charge >= 0.3 is 5.97 Å². The largest absolute Gasteiger partial charge is 0.507 e. The zero-order valence-electron chi connectivity index (χ0n) is 31.9. The maximum Gasteiger partial charge on any atom is 0.328 e. The average Bonchev–Trinajstić information content (AvgIpc) is 3.20. The molecule has 2 saturated heterocycles. The van der Waals surface area contributed by atoms with Crippen LogP contribution >= 0.6 is 0 Å². The lowest BCUT2D eigenvalue weighted by molar-refractivity contribution is -0.337. The molecule has 0 spiro atoms. The van der Waals surface area contributed by atoms with Gasteiger partial charge in [-0.05, 0) is 42.7 Å². The number of aliphatic hydroxyl groups excluding tert-OH is 6. The first-order chi connectivity index (χ1) is 28.3. The van der Waals surface area contributed by atoms with Crippen LogP contribution in [0.3, 0.4) is 0 Å². The summed E-state index contributed by atoms with van der Waals surface area (Å²) in [5.74, 6) is -7.24. The molecule has 12 atom stereocenters. The number of nitrogens with one attached hydrogen (secondary N) is 1. The van der Waals surface area contributed by atoms with E-state index >= 15 is 0 Å². The van der Waals surface area contributed by atoms with Gasteiger partial charge in [-0.1, -0.05) is 6.07 Å². The van der Waals surface area contributed by atoms with Crippen molar-refractivity contribution in [2.24, 2.45) is 5.73 Å². The van der Waals surface area contributed by atoms with Gasteiger partial charge in [-0.25, -0.2) is 4.79 Å². The second-order valence-electron chi connectivity index (χ2n) is 14.9. The van der Waals surface area contributed by atoms with E-state index in [0.717, 1.165) is 12.1 Å². The van der Waals surface area contributed by atoms with E-state index in [1.54, 1.807) is 0 Å². The summed E-state index contributed by atoms with van der Waals surface area (Å²) < 4.78 is 28.4. The third kappa shape index (κ3) is 6.82. The maximum atomic E-state index is 14.1. The number of hydrogen-bond donors (Lipinski definition) is 12. The third-order valence-electron chi connectivity index (χ3n) is 11.2. The first kappa shape index (κ1) is 42.8. The molecule has 2 aliphatic carbocycles. The molecular formula is C39H42N2O19. The molecule has 2 fully saturated rings. The summed E-state index contributed by atoms with van der Waals surface area (Å²) in [6, 6.07) is 1.56. The Morgan fingerprint density at radius 3 is 2.17 bits per heavy atom. The molecule has 0 aromatic heterocycles. The summed E-state index contributed by atoms with van der Waals surface area (Å²) in [4.78, 5) is 53.3.